The van der Waals surface area contributed by atoms with Gasteiger partial charge < -0.3 is 10.6 Å². The number of hydrogen-bond donors (Lipinski definition) is 2. The first-order chi connectivity index (χ1) is 15.1. The highest BCUT2D eigenvalue weighted by Gasteiger charge is 2.15. The minimum Gasteiger partial charge on any atom is -0.384 e. The zero-order valence-electron chi connectivity index (χ0n) is 16.3. The van der Waals surface area contributed by atoms with E-state index in [4.69, 9.17) is 0 Å². The van der Waals surface area contributed by atoms with Gasteiger partial charge in [0.05, 0.1) is 20.6 Å². The molecule has 10 nitrogen and oxygen atoms in total. The van der Waals surface area contributed by atoms with Crippen molar-refractivity contribution in [1.82, 2.24) is 9.97 Å². The molecular formula is C21H18N6O4. The summed E-state index contributed by atoms with van der Waals surface area (Å²) in [7, 11) is 0. The molecule has 156 valence electrons. The van der Waals surface area contributed by atoms with E-state index in [1.165, 1.54) is 24.5 Å². The van der Waals surface area contributed by atoms with Gasteiger partial charge in [-0.25, -0.2) is 0 Å². The third-order valence-corrected chi connectivity index (χ3v) is 4.97. The first kappa shape index (κ1) is 20.0. The Balaban J connectivity index is 1.42. The van der Waals surface area contributed by atoms with Gasteiger partial charge in [-0.3, -0.25) is 30.2 Å². The van der Waals surface area contributed by atoms with Gasteiger partial charge in [0.2, 0.25) is 0 Å². The summed E-state index contributed by atoms with van der Waals surface area (Å²) in [6.45, 7) is 1.27. The molecule has 2 heterocycles. The van der Waals surface area contributed by atoms with E-state index < -0.39 is 9.85 Å². The van der Waals surface area contributed by atoms with Crippen molar-refractivity contribution in [2.75, 3.05) is 23.7 Å². The number of nitrogens with one attached hydrogen (secondary N) is 2. The molecule has 0 spiro atoms. The number of rotatable bonds is 8. The average molecular weight is 418 g/mol. The van der Waals surface area contributed by atoms with Crippen LogP contribution in [0.15, 0.2) is 61.2 Å². The van der Waals surface area contributed by atoms with E-state index in [2.05, 4.69) is 20.6 Å². The van der Waals surface area contributed by atoms with Crippen LogP contribution in [0.3, 0.4) is 0 Å². The lowest BCUT2D eigenvalue weighted by Crippen LogP contribution is -2.10. The van der Waals surface area contributed by atoms with Crippen LogP contribution in [0.5, 0.6) is 0 Å². The number of pyridine rings is 2. The number of non-ortho nitro benzene ring substituents is 2. The summed E-state index contributed by atoms with van der Waals surface area (Å²) in [6, 6.07) is 9.85. The Bertz CT molecular complexity index is 1190. The summed E-state index contributed by atoms with van der Waals surface area (Å²) in [6.07, 6.45) is 6.96. The van der Waals surface area contributed by atoms with E-state index in [9.17, 15) is 20.2 Å². The second-order valence-corrected chi connectivity index (χ2v) is 6.83. The van der Waals surface area contributed by atoms with Crippen molar-refractivity contribution in [2.24, 2.45) is 0 Å². The lowest BCUT2D eigenvalue weighted by Gasteiger charge is -2.12. The molecule has 2 aromatic heterocycles. The quantitative estimate of drug-likeness (QED) is 0.242. The van der Waals surface area contributed by atoms with Crippen molar-refractivity contribution in [1.29, 1.82) is 0 Å². The summed E-state index contributed by atoms with van der Waals surface area (Å²) in [5, 5.41) is 31.5. The van der Waals surface area contributed by atoms with Gasteiger partial charge in [-0.05, 0) is 30.7 Å². The summed E-state index contributed by atoms with van der Waals surface area (Å²) < 4.78 is 0. The van der Waals surface area contributed by atoms with Crippen LogP contribution < -0.4 is 10.6 Å². The Kier molecular flexibility index (Phi) is 5.52. The number of nitrogens with zero attached hydrogens (tertiary/aromatic N) is 4. The number of anilines is 2. The second kappa shape index (κ2) is 8.57. The van der Waals surface area contributed by atoms with Gasteiger partial charge in [-0.15, -0.1) is 0 Å². The van der Waals surface area contributed by atoms with Crippen LogP contribution in [0, 0.1) is 20.2 Å². The van der Waals surface area contributed by atoms with Crippen molar-refractivity contribution in [2.45, 2.75) is 6.42 Å². The van der Waals surface area contributed by atoms with Gasteiger partial charge in [0.1, 0.15) is 0 Å². The minimum absolute atomic E-state index is 0.0230. The Morgan fingerprint density at radius 2 is 1.13 bits per heavy atom. The average Bonchev–Trinajstić information content (AvgIpc) is 2.78. The Labute approximate surface area is 176 Å². The van der Waals surface area contributed by atoms with Crippen LogP contribution >= 0.6 is 0 Å². The van der Waals surface area contributed by atoms with Gasteiger partial charge in [-0.1, -0.05) is 0 Å². The van der Waals surface area contributed by atoms with Crippen LogP contribution in [0.25, 0.3) is 21.5 Å². The third kappa shape index (κ3) is 4.04. The van der Waals surface area contributed by atoms with Crippen LogP contribution in [-0.4, -0.2) is 32.9 Å². The summed E-state index contributed by atoms with van der Waals surface area (Å²) in [4.78, 5) is 29.6. The van der Waals surface area contributed by atoms with Gasteiger partial charge in [-0.2, -0.15) is 0 Å². The summed E-state index contributed by atoms with van der Waals surface area (Å²) in [5.41, 5.74) is 1.65. The molecule has 4 rings (SSSR count). The fourth-order valence-corrected chi connectivity index (χ4v) is 3.51. The number of benzene rings is 2. The molecule has 31 heavy (non-hydrogen) atoms. The molecule has 0 radical (unpaired) electrons. The number of nitro groups is 2. The maximum atomic E-state index is 11.2. The molecule has 0 saturated carbocycles. The van der Waals surface area contributed by atoms with E-state index in [0.29, 0.717) is 23.9 Å². The fourth-order valence-electron chi connectivity index (χ4n) is 3.51. The summed E-state index contributed by atoms with van der Waals surface area (Å²) >= 11 is 0. The second-order valence-electron chi connectivity index (χ2n) is 6.83. The monoisotopic (exact) mass is 418 g/mol. The largest absolute Gasteiger partial charge is 0.384 e. The zero-order chi connectivity index (χ0) is 21.8. The van der Waals surface area contributed by atoms with E-state index >= 15 is 0 Å². The first-order valence-corrected chi connectivity index (χ1v) is 9.56. The van der Waals surface area contributed by atoms with Crippen LogP contribution in [0.2, 0.25) is 0 Å². The molecule has 0 atom stereocenters. The molecule has 0 amide bonds. The number of hydrogen-bond acceptors (Lipinski definition) is 8. The number of fused-ring (bicyclic) bond motifs is 2. The van der Waals surface area contributed by atoms with Crippen LogP contribution in [-0.2, 0) is 0 Å². The Morgan fingerprint density at radius 3 is 1.55 bits per heavy atom. The van der Waals surface area contributed by atoms with Crippen molar-refractivity contribution in [3.05, 3.63) is 81.4 Å². The van der Waals surface area contributed by atoms with Crippen molar-refractivity contribution in [3.8, 4) is 0 Å². The SMILES string of the molecule is O=[N+]([O-])c1ccc(NCCCNc2ccc([N+](=O)[O-])c3cnccc23)c2ccncc12. The van der Waals surface area contributed by atoms with Crippen LogP contribution in [0.1, 0.15) is 6.42 Å². The topological polar surface area (TPSA) is 136 Å². The zero-order valence-corrected chi connectivity index (χ0v) is 16.3. The summed E-state index contributed by atoms with van der Waals surface area (Å²) in [5.74, 6) is 0. The predicted molar refractivity (Wildman–Crippen MR) is 118 cm³/mol. The van der Waals surface area contributed by atoms with E-state index in [-0.39, 0.29) is 11.4 Å². The van der Waals surface area contributed by atoms with Crippen molar-refractivity contribution >= 4 is 44.3 Å². The van der Waals surface area contributed by atoms with E-state index in [1.807, 2.05) is 0 Å². The van der Waals surface area contributed by atoms with E-state index in [0.717, 1.165) is 28.6 Å². The molecule has 10 heteroatoms. The number of nitro benzene ring substituents is 2. The molecule has 0 aliphatic rings. The maximum absolute atomic E-state index is 11.2. The maximum Gasteiger partial charge on any atom is 0.278 e. The lowest BCUT2D eigenvalue weighted by molar-refractivity contribution is -0.383. The molecule has 4 aromatic rings. The minimum atomic E-state index is -0.415. The van der Waals surface area contributed by atoms with Gasteiger partial charge in [0, 0.05) is 72.2 Å². The van der Waals surface area contributed by atoms with Gasteiger partial charge in [0.15, 0.2) is 0 Å². The molecule has 0 bridgehead atoms. The molecule has 0 fully saturated rings. The first-order valence-electron chi connectivity index (χ1n) is 9.56. The van der Waals surface area contributed by atoms with Crippen molar-refractivity contribution < 1.29 is 9.85 Å². The highest BCUT2D eigenvalue weighted by atomic mass is 16.6. The third-order valence-electron chi connectivity index (χ3n) is 4.97. The number of aromatic nitrogens is 2. The molecule has 0 unspecified atom stereocenters. The molecule has 2 N–H and O–H groups in total. The molecule has 2 aromatic carbocycles. The Hall–Kier alpha value is -4.34. The molecule has 0 aliphatic carbocycles. The lowest BCUT2D eigenvalue weighted by atomic mass is 10.1. The molecule has 0 saturated heterocycles. The Morgan fingerprint density at radius 1 is 0.677 bits per heavy atom. The van der Waals surface area contributed by atoms with Crippen molar-refractivity contribution in [3.63, 3.8) is 0 Å². The van der Waals surface area contributed by atoms with Crippen LogP contribution in [0.4, 0.5) is 22.7 Å². The van der Waals surface area contributed by atoms with Gasteiger partial charge in [0.25, 0.3) is 11.4 Å². The highest BCUT2D eigenvalue weighted by Crippen LogP contribution is 2.31. The molecule has 0 aliphatic heterocycles. The fraction of sp³-hybridized carbons (Fsp3) is 0.143. The van der Waals surface area contributed by atoms with E-state index in [1.54, 1.807) is 36.7 Å². The normalized spacial score (nSPS) is 10.8. The standard InChI is InChI=1S/C21H18N6O4/c28-26(29)20-4-2-18(14-6-10-22-12-16(14)20)24-8-1-9-25-19-3-5-21(27(30)31)17-13-23-11-7-15(17)19/h2-7,10-13,24-25H,1,8-9H2. The van der Waals surface area contributed by atoms with Gasteiger partial charge >= 0.3 is 0 Å². The smallest absolute Gasteiger partial charge is 0.278 e. The predicted octanol–water partition coefficient (Wildman–Crippen LogP) is 4.51. The highest BCUT2D eigenvalue weighted by molar-refractivity contribution is 6.00. The molecular weight excluding hydrogens is 400 g/mol.